The first-order valence-corrected chi connectivity index (χ1v) is 11.1. The van der Waals surface area contributed by atoms with Crippen LogP contribution in [0.1, 0.15) is 25.3 Å². The number of H-pyrrole nitrogens is 1. The first-order valence-electron chi connectivity index (χ1n) is 11.1. The van der Waals surface area contributed by atoms with Gasteiger partial charge in [-0.15, -0.1) is 0 Å². The molecule has 0 bridgehead atoms. The number of hydrogen-bond donors (Lipinski definition) is 1. The number of amides is 1. The minimum atomic E-state index is -0.250. The Labute approximate surface area is 186 Å². The van der Waals surface area contributed by atoms with Crippen molar-refractivity contribution in [3.63, 3.8) is 0 Å². The van der Waals surface area contributed by atoms with Crippen LogP contribution in [0.25, 0.3) is 22.0 Å². The Bertz CT molecular complexity index is 1220. The van der Waals surface area contributed by atoms with Crippen LogP contribution in [0, 0.1) is 11.7 Å². The number of nitrogens with zero attached hydrogens (tertiary/aromatic N) is 4. The molecule has 1 aliphatic heterocycles. The van der Waals surface area contributed by atoms with E-state index in [1.807, 2.05) is 23.5 Å². The number of halogens is 1. The van der Waals surface area contributed by atoms with Gasteiger partial charge in [0.15, 0.2) is 0 Å². The molecule has 1 saturated heterocycles. The lowest BCUT2D eigenvalue weighted by atomic mass is 10.1. The largest absolute Gasteiger partial charge is 0.340 e. The van der Waals surface area contributed by atoms with Crippen LogP contribution in [-0.4, -0.2) is 43.4 Å². The van der Waals surface area contributed by atoms with Gasteiger partial charge in [-0.25, -0.2) is 4.39 Å². The summed E-state index contributed by atoms with van der Waals surface area (Å²) in [6, 6.07) is 12.9. The molecule has 164 valence electrons. The molecule has 0 spiro atoms. The first-order chi connectivity index (χ1) is 15.6. The number of aryl methyl sites for hydroxylation is 1. The van der Waals surface area contributed by atoms with Crippen molar-refractivity contribution < 1.29 is 9.18 Å². The smallest absolute Gasteiger partial charge is 0.223 e. The van der Waals surface area contributed by atoms with Crippen LogP contribution in [0.3, 0.4) is 0 Å². The van der Waals surface area contributed by atoms with E-state index in [0.29, 0.717) is 18.8 Å². The predicted molar refractivity (Wildman–Crippen MR) is 121 cm³/mol. The molecule has 32 heavy (non-hydrogen) atoms. The highest BCUT2D eigenvalue weighted by molar-refractivity contribution is 5.84. The molecule has 0 radical (unpaired) electrons. The van der Waals surface area contributed by atoms with Gasteiger partial charge in [-0.2, -0.15) is 10.2 Å². The molecule has 2 aromatic carbocycles. The summed E-state index contributed by atoms with van der Waals surface area (Å²) < 4.78 is 15.1. The van der Waals surface area contributed by atoms with Crippen LogP contribution in [0.5, 0.6) is 0 Å². The maximum absolute atomic E-state index is 13.1. The van der Waals surface area contributed by atoms with E-state index >= 15 is 0 Å². The van der Waals surface area contributed by atoms with E-state index < -0.39 is 0 Å². The molecular weight excluding hydrogens is 405 g/mol. The minimum absolute atomic E-state index is 0.166. The average Bonchev–Trinajstić information content (AvgIpc) is 3.54. The SMILES string of the molecule is CC1CC(Cn2ncc3cc(-c4cn[nH]c4)ccc32)CN1C(=O)CCc1ccc(F)cc1. The third kappa shape index (κ3) is 4.15. The van der Waals surface area contributed by atoms with E-state index in [1.165, 1.54) is 12.1 Å². The molecule has 6 nitrogen and oxygen atoms in total. The van der Waals surface area contributed by atoms with E-state index in [0.717, 1.165) is 47.1 Å². The summed E-state index contributed by atoms with van der Waals surface area (Å²) in [5, 5.41) is 12.6. The van der Waals surface area contributed by atoms with E-state index in [-0.39, 0.29) is 17.8 Å². The number of likely N-dealkylation sites (tertiary alicyclic amines) is 1. The molecule has 2 unspecified atom stereocenters. The molecule has 0 saturated carbocycles. The number of benzene rings is 2. The van der Waals surface area contributed by atoms with Crippen LogP contribution in [-0.2, 0) is 17.8 Å². The molecule has 1 N–H and O–H groups in total. The van der Waals surface area contributed by atoms with Crippen LogP contribution >= 0.6 is 0 Å². The quantitative estimate of drug-likeness (QED) is 0.491. The van der Waals surface area contributed by atoms with E-state index in [9.17, 15) is 9.18 Å². The predicted octanol–water partition coefficient (Wildman–Crippen LogP) is 4.44. The summed E-state index contributed by atoms with van der Waals surface area (Å²) in [5.41, 5.74) is 4.25. The number of aromatic amines is 1. The number of nitrogens with one attached hydrogen (secondary N) is 1. The summed E-state index contributed by atoms with van der Waals surface area (Å²) in [6.07, 6.45) is 7.65. The Morgan fingerprint density at radius 2 is 2.00 bits per heavy atom. The molecule has 2 atom stereocenters. The zero-order valence-electron chi connectivity index (χ0n) is 18.0. The lowest BCUT2D eigenvalue weighted by Gasteiger charge is -2.21. The van der Waals surface area contributed by atoms with Crippen LogP contribution in [0.4, 0.5) is 4.39 Å². The van der Waals surface area contributed by atoms with Gasteiger partial charge in [0.1, 0.15) is 5.82 Å². The van der Waals surface area contributed by atoms with Gasteiger partial charge in [0.25, 0.3) is 0 Å². The number of rotatable bonds is 6. The van der Waals surface area contributed by atoms with E-state index in [2.05, 4.69) is 45.1 Å². The summed E-state index contributed by atoms with van der Waals surface area (Å²) in [4.78, 5) is 14.8. The lowest BCUT2D eigenvalue weighted by molar-refractivity contribution is -0.131. The molecule has 3 heterocycles. The number of fused-ring (bicyclic) bond motifs is 1. The second kappa shape index (κ2) is 8.57. The van der Waals surface area contributed by atoms with Crippen molar-refractivity contribution in [1.29, 1.82) is 0 Å². The average molecular weight is 432 g/mol. The molecule has 7 heteroatoms. The standard InChI is InChI=1S/C25H26FN5O/c1-17-10-19(15-30(17)25(32)9-4-18-2-6-23(26)7-3-18)16-31-24-8-5-20(11-21(24)14-29-31)22-12-27-28-13-22/h2-3,5-8,11-14,17,19H,4,9-10,15-16H2,1H3,(H,27,28). The van der Waals surface area contributed by atoms with Gasteiger partial charge in [-0.3, -0.25) is 14.6 Å². The van der Waals surface area contributed by atoms with Gasteiger partial charge in [0.05, 0.1) is 17.9 Å². The van der Waals surface area contributed by atoms with Crippen LogP contribution in [0.15, 0.2) is 61.1 Å². The summed E-state index contributed by atoms with van der Waals surface area (Å²) >= 11 is 0. The summed E-state index contributed by atoms with van der Waals surface area (Å²) in [5.74, 6) is 0.288. The van der Waals surface area contributed by atoms with E-state index in [4.69, 9.17) is 0 Å². The van der Waals surface area contributed by atoms with Crippen molar-refractivity contribution in [3.05, 3.63) is 72.4 Å². The number of aromatic nitrogens is 4. The normalized spacial score (nSPS) is 18.5. The van der Waals surface area contributed by atoms with Gasteiger partial charge >= 0.3 is 0 Å². The highest BCUT2D eigenvalue weighted by atomic mass is 19.1. The summed E-state index contributed by atoms with van der Waals surface area (Å²) in [7, 11) is 0. The van der Waals surface area contributed by atoms with Crippen molar-refractivity contribution in [2.75, 3.05) is 6.54 Å². The molecule has 4 aromatic rings. The molecule has 2 aromatic heterocycles. The number of carbonyl (C=O) groups excluding carboxylic acids is 1. The van der Waals surface area contributed by atoms with Gasteiger partial charge in [0.2, 0.25) is 5.91 Å². The fourth-order valence-electron chi connectivity index (χ4n) is 4.73. The third-order valence-electron chi connectivity index (χ3n) is 6.43. The highest BCUT2D eigenvalue weighted by Gasteiger charge is 2.32. The molecule has 1 amide bonds. The Kier molecular flexibility index (Phi) is 5.47. The van der Waals surface area contributed by atoms with Gasteiger partial charge in [-0.1, -0.05) is 18.2 Å². The Morgan fingerprint density at radius 1 is 1.16 bits per heavy atom. The zero-order valence-corrected chi connectivity index (χ0v) is 18.0. The van der Waals surface area contributed by atoms with Crippen molar-refractivity contribution in [1.82, 2.24) is 24.9 Å². The number of carbonyl (C=O) groups is 1. The molecule has 0 aliphatic carbocycles. The minimum Gasteiger partial charge on any atom is -0.340 e. The number of hydrogen-bond acceptors (Lipinski definition) is 3. The molecule has 1 aliphatic rings. The monoisotopic (exact) mass is 431 g/mol. The fraction of sp³-hybridized carbons (Fsp3) is 0.320. The fourth-order valence-corrected chi connectivity index (χ4v) is 4.73. The van der Waals surface area contributed by atoms with E-state index in [1.54, 1.807) is 12.1 Å². The van der Waals surface area contributed by atoms with Crippen molar-refractivity contribution in [3.8, 4) is 11.1 Å². The molecular formula is C25H26FN5O. The van der Waals surface area contributed by atoms with Crippen molar-refractivity contribution >= 4 is 16.8 Å². The Morgan fingerprint density at radius 3 is 2.78 bits per heavy atom. The first kappa shape index (κ1) is 20.4. The highest BCUT2D eigenvalue weighted by Crippen LogP contribution is 2.28. The second-order valence-corrected chi connectivity index (χ2v) is 8.71. The maximum Gasteiger partial charge on any atom is 0.223 e. The molecule has 1 fully saturated rings. The van der Waals surface area contributed by atoms with Gasteiger partial charge < -0.3 is 4.90 Å². The molecule has 5 rings (SSSR count). The summed E-state index contributed by atoms with van der Waals surface area (Å²) in [6.45, 7) is 3.66. The second-order valence-electron chi connectivity index (χ2n) is 8.71. The maximum atomic E-state index is 13.1. The lowest BCUT2D eigenvalue weighted by Crippen LogP contribution is -2.34. The third-order valence-corrected chi connectivity index (χ3v) is 6.43. The Hall–Kier alpha value is -3.48. The van der Waals surface area contributed by atoms with Crippen molar-refractivity contribution in [2.24, 2.45) is 5.92 Å². The van der Waals surface area contributed by atoms with Crippen molar-refractivity contribution in [2.45, 2.75) is 38.8 Å². The van der Waals surface area contributed by atoms with Gasteiger partial charge in [0, 0.05) is 42.7 Å². The Balaban J connectivity index is 1.22. The zero-order chi connectivity index (χ0) is 22.1. The van der Waals surface area contributed by atoms with Crippen LogP contribution < -0.4 is 0 Å². The topological polar surface area (TPSA) is 66.8 Å². The van der Waals surface area contributed by atoms with Crippen LogP contribution in [0.2, 0.25) is 0 Å². The van der Waals surface area contributed by atoms with Gasteiger partial charge in [-0.05, 0) is 61.1 Å².